The topological polar surface area (TPSA) is 61.4 Å². The lowest BCUT2D eigenvalue weighted by Crippen LogP contribution is -2.43. The lowest BCUT2D eigenvalue weighted by atomic mass is 10.0. The van der Waals surface area contributed by atoms with Crippen LogP contribution in [0, 0.1) is 0 Å². The summed E-state index contributed by atoms with van der Waals surface area (Å²) in [5.41, 5.74) is 1.23. The number of imide groups is 1. The zero-order chi connectivity index (χ0) is 13.7. The van der Waals surface area contributed by atoms with Gasteiger partial charge in [0.2, 0.25) is 5.91 Å². The highest BCUT2D eigenvalue weighted by molar-refractivity contribution is 5.95. The molecule has 1 heterocycles. The first-order valence-corrected chi connectivity index (χ1v) is 6.51. The Morgan fingerprint density at radius 3 is 2.74 bits per heavy atom. The second-order valence-electron chi connectivity index (χ2n) is 4.67. The van der Waals surface area contributed by atoms with Gasteiger partial charge in [0.05, 0.1) is 6.54 Å². The molecule has 0 unspecified atom stereocenters. The Kier molecular flexibility index (Phi) is 4.52. The molecule has 1 fully saturated rings. The van der Waals surface area contributed by atoms with Gasteiger partial charge in [0.25, 0.3) is 0 Å². The Bertz CT molecular complexity index is 447. The number of amides is 3. The number of urea groups is 1. The van der Waals surface area contributed by atoms with E-state index in [2.05, 4.69) is 27.7 Å². The molecule has 1 aliphatic heterocycles. The summed E-state index contributed by atoms with van der Waals surface area (Å²) in [4.78, 5) is 24.9. The number of nitrogens with zero attached hydrogens (tertiary/aromatic N) is 1. The summed E-state index contributed by atoms with van der Waals surface area (Å²) < 4.78 is 0. The number of carbonyl (C=O) groups is 2. The van der Waals surface area contributed by atoms with Crippen LogP contribution in [0.15, 0.2) is 30.3 Å². The number of hydrogen-bond donors (Lipinski definition) is 2. The highest BCUT2D eigenvalue weighted by Crippen LogP contribution is 2.31. The molecule has 1 aromatic carbocycles. The average Bonchev–Trinajstić information content (AvgIpc) is 2.87. The van der Waals surface area contributed by atoms with E-state index in [1.54, 1.807) is 0 Å². The molecule has 5 nitrogen and oxygen atoms in total. The number of likely N-dealkylation sites (tertiary alicyclic amines) is 1. The molecule has 0 bridgehead atoms. The van der Waals surface area contributed by atoms with Gasteiger partial charge in [0, 0.05) is 13.1 Å². The third kappa shape index (κ3) is 3.54. The van der Waals surface area contributed by atoms with Crippen LogP contribution in [-0.2, 0) is 4.79 Å². The normalized spacial score (nSPS) is 19.1. The van der Waals surface area contributed by atoms with Crippen molar-refractivity contribution in [2.75, 3.05) is 20.1 Å². The van der Waals surface area contributed by atoms with E-state index in [0.29, 0.717) is 0 Å². The van der Waals surface area contributed by atoms with E-state index in [9.17, 15) is 9.59 Å². The van der Waals surface area contributed by atoms with Gasteiger partial charge in [-0.05, 0) is 24.9 Å². The van der Waals surface area contributed by atoms with E-state index in [0.717, 1.165) is 19.4 Å². The van der Waals surface area contributed by atoms with E-state index in [-0.39, 0.29) is 18.5 Å². The Morgan fingerprint density at radius 2 is 2.05 bits per heavy atom. The summed E-state index contributed by atoms with van der Waals surface area (Å²) in [5.74, 6) is -0.262. The fourth-order valence-corrected chi connectivity index (χ4v) is 2.48. The third-order valence-electron chi connectivity index (χ3n) is 3.37. The maximum absolute atomic E-state index is 11.7. The van der Waals surface area contributed by atoms with Crippen LogP contribution in [0.1, 0.15) is 24.4 Å². The second-order valence-corrected chi connectivity index (χ2v) is 4.67. The molecule has 5 heteroatoms. The Hall–Kier alpha value is -1.88. The van der Waals surface area contributed by atoms with Crippen molar-refractivity contribution < 1.29 is 9.59 Å². The molecule has 0 spiro atoms. The molecule has 0 aromatic heterocycles. The zero-order valence-corrected chi connectivity index (χ0v) is 11.1. The molecule has 1 aliphatic rings. The van der Waals surface area contributed by atoms with Crippen molar-refractivity contribution in [3.8, 4) is 0 Å². The first-order chi connectivity index (χ1) is 9.20. The Balaban J connectivity index is 1.96. The molecular weight excluding hydrogens is 242 g/mol. The molecular formula is C14H19N3O2. The fourth-order valence-electron chi connectivity index (χ4n) is 2.48. The average molecular weight is 261 g/mol. The first-order valence-electron chi connectivity index (χ1n) is 6.51. The quantitative estimate of drug-likeness (QED) is 0.861. The number of rotatable bonds is 3. The maximum atomic E-state index is 11.7. The molecule has 102 valence electrons. The smallest absolute Gasteiger partial charge is 0.321 e. The number of nitrogens with one attached hydrogen (secondary N) is 2. The molecule has 2 N–H and O–H groups in total. The van der Waals surface area contributed by atoms with Crippen molar-refractivity contribution in [1.82, 2.24) is 15.5 Å². The van der Waals surface area contributed by atoms with Crippen LogP contribution in [0.2, 0.25) is 0 Å². The fraction of sp³-hybridized carbons (Fsp3) is 0.429. The summed E-state index contributed by atoms with van der Waals surface area (Å²) in [6, 6.07) is 9.99. The summed E-state index contributed by atoms with van der Waals surface area (Å²) in [6.45, 7) is 1.15. The van der Waals surface area contributed by atoms with E-state index < -0.39 is 6.03 Å². The second kappa shape index (κ2) is 6.33. The van der Waals surface area contributed by atoms with Crippen LogP contribution >= 0.6 is 0 Å². The van der Waals surface area contributed by atoms with Crippen LogP contribution in [0.5, 0.6) is 0 Å². The van der Waals surface area contributed by atoms with Crippen LogP contribution in [0.4, 0.5) is 4.79 Å². The van der Waals surface area contributed by atoms with Gasteiger partial charge in [-0.15, -0.1) is 0 Å². The summed E-state index contributed by atoms with van der Waals surface area (Å²) in [7, 11) is 1.49. The van der Waals surface area contributed by atoms with Gasteiger partial charge < -0.3 is 5.32 Å². The zero-order valence-electron chi connectivity index (χ0n) is 11.1. The largest absolute Gasteiger partial charge is 0.341 e. The molecule has 0 saturated carbocycles. The molecule has 2 rings (SSSR count). The minimum Gasteiger partial charge on any atom is -0.341 e. The van der Waals surface area contributed by atoms with Gasteiger partial charge in [-0.3, -0.25) is 15.0 Å². The predicted octanol–water partition coefficient (Wildman–Crippen LogP) is 1.28. The monoisotopic (exact) mass is 261 g/mol. The van der Waals surface area contributed by atoms with Gasteiger partial charge >= 0.3 is 6.03 Å². The van der Waals surface area contributed by atoms with Crippen LogP contribution in [0.25, 0.3) is 0 Å². The van der Waals surface area contributed by atoms with Gasteiger partial charge in [0.1, 0.15) is 0 Å². The number of hydrogen-bond acceptors (Lipinski definition) is 3. The molecule has 0 aliphatic carbocycles. The minimum atomic E-state index is -0.458. The first kappa shape index (κ1) is 13.5. The van der Waals surface area contributed by atoms with Gasteiger partial charge in [-0.25, -0.2) is 4.79 Å². The van der Waals surface area contributed by atoms with Crippen molar-refractivity contribution in [2.24, 2.45) is 0 Å². The third-order valence-corrected chi connectivity index (χ3v) is 3.37. The molecule has 0 radical (unpaired) electrons. The van der Waals surface area contributed by atoms with Crippen LogP contribution in [-0.4, -0.2) is 37.0 Å². The molecule has 3 amide bonds. The SMILES string of the molecule is CNC(=O)NC(=O)CN1CCC[C@@H]1c1ccccc1. The molecule has 1 saturated heterocycles. The van der Waals surface area contributed by atoms with Gasteiger partial charge in [-0.1, -0.05) is 30.3 Å². The summed E-state index contributed by atoms with van der Waals surface area (Å²) in [6.07, 6.45) is 2.13. The molecule has 1 atom stereocenters. The van der Waals surface area contributed by atoms with Crippen LogP contribution in [0.3, 0.4) is 0 Å². The van der Waals surface area contributed by atoms with Crippen molar-refractivity contribution in [2.45, 2.75) is 18.9 Å². The van der Waals surface area contributed by atoms with Gasteiger partial charge in [-0.2, -0.15) is 0 Å². The Morgan fingerprint density at radius 1 is 1.32 bits per heavy atom. The summed E-state index contributed by atoms with van der Waals surface area (Å²) >= 11 is 0. The summed E-state index contributed by atoms with van der Waals surface area (Å²) in [5, 5.41) is 4.67. The predicted molar refractivity (Wildman–Crippen MR) is 72.6 cm³/mol. The molecule has 19 heavy (non-hydrogen) atoms. The lowest BCUT2D eigenvalue weighted by molar-refractivity contribution is -0.121. The number of carbonyl (C=O) groups excluding carboxylic acids is 2. The Labute approximate surface area is 113 Å². The lowest BCUT2D eigenvalue weighted by Gasteiger charge is -2.23. The van der Waals surface area contributed by atoms with Crippen molar-refractivity contribution in [3.63, 3.8) is 0 Å². The van der Waals surface area contributed by atoms with Crippen molar-refractivity contribution in [1.29, 1.82) is 0 Å². The van der Waals surface area contributed by atoms with E-state index in [1.807, 2.05) is 18.2 Å². The highest BCUT2D eigenvalue weighted by Gasteiger charge is 2.27. The van der Waals surface area contributed by atoms with Gasteiger partial charge in [0.15, 0.2) is 0 Å². The standard InChI is InChI=1S/C14H19N3O2/c1-15-14(19)16-13(18)10-17-9-5-8-12(17)11-6-3-2-4-7-11/h2-4,6-7,12H,5,8-10H2,1H3,(H2,15,16,18,19)/t12-/m1/s1. The van der Waals surface area contributed by atoms with Crippen LogP contribution < -0.4 is 10.6 Å². The van der Waals surface area contributed by atoms with E-state index >= 15 is 0 Å². The minimum absolute atomic E-state index is 0.257. The van der Waals surface area contributed by atoms with Crippen molar-refractivity contribution in [3.05, 3.63) is 35.9 Å². The van der Waals surface area contributed by atoms with E-state index in [4.69, 9.17) is 0 Å². The highest BCUT2D eigenvalue weighted by atomic mass is 16.2. The maximum Gasteiger partial charge on any atom is 0.321 e. The van der Waals surface area contributed by atoms with Crippen molar-refractivity contribution >= 4 is 11.9 Å². The van der Waals surface area contributed by atoms with E-state index in [1.165, 1.54) is 12.6 Å². The number of benzene rings is 1. The molecule has 1 aromatic rings.